The van der Waals surface area contributed by atoms with Gasteiger partial charge in [0.15, 0.2) is 11.5 Å². The maximum Gasteiger partial charge on any atom is 0.339 e. The second-order valence-corrected chi connectivity index (χ2v) is 5.30. The quantitative estimate of drug-likeness (QED) is 0.211. The van der Waals surface area contributed by atoms with E-state index in [1.54, 1.807) is 25.1 Å². The molecule has 0 unspecified atom stereocenters. The number of nitrogens with two attached hydrogens (primary N) is 1. The van der Waals surface area contributed by atoms with Crippen LogP contribution in [0.4, 0.5) is 11.4 Å². The Labute approximate surface area is 149 Å². The van der Waals surface area contributed by atoms with Crippen molar-refractivity contribution in [1.29, 1.82) is 0 Å². The number of non-ortho nitro benzene ring substituents is 1. The lowest BCUT2D eigenvalue weighted by molar-refractivity contribution is -0.384. The molecule has 0 spiro atoms. The molecule has 26 heavy (non-hydrogen) atoms. The van der Waals surface area contributed by atoms with Gasteiger partial charge in [-0.1, -0.05) is 0 Å². The summed E-state index contributed by atoms with van der Waals surface area (Å²) >= 11 is 0. The Morgan fingerprint density at radius 3 is 2.23 bits per heavy atom. The van der Waals surface area contributed by atoms with Gasteiger partial charge >= 0.3 is 5.97 Å². The number of esters is 1. The lowest BCUT2D eigenvalue weighted by Crippen LogP contribution is -2.09. The summed E-state index contributed by atoms with van der Waals surface area (Å²) in [6, 6.07) is 8.47. The number of anilines is 1. The van der Waals surface area contributed by atoms with Crippen LogP contribution in [0.3, 0.4) is 0 Å². The van der Waals surface area contributed by atoms with Crippen LogP contribution >= 0.6 is 0 Å². The van der Waals surface area contributed by atoms with E-state index in [2.05, 4.69) is 0 Å². The molecule has 0 aliphatic carbocycles. The van der Waals surface area contributed by atoms with Crippen molar-refractivity contribution in [3.8, 4) is 17.2 Å². The van der Waals surface area contributed by atoms with Gasteiger partial charge in [-0.3, -0.25) is 10.1 Å². The molecule has 0 radical (unpaired) electrons. The molecule has 2 aromatic rings. The Bertz CT molecular complexity index is 859. The minimum absolute atomic E-state index is 0.0878. The van der Waals surface area contributed by atoms with Gasteiger partial charge in [-0.25, -0.2) is 4.79 Å². The Morgan fingerprint density at radius 1 is 1.12 bits per heavy atom. The fraction of sp³-hybridized carbons (Fsp3) is 0.167. The van der Waals surface area contributed by atoms with E-state index in [4.69, 9.17) is 19.9 Å². The standard InChI is InChI=1S/C18H18N2O6/c1-11(8-12-9-16(24-2)17(25-3)10-15(12)19)18(21)26-14-6-4-13(5-7-14)20(22)23/h4-10H,19H2,1-3H3. The first-order valence-corrected chi connectivity index (χ1v) is 7.52. The van der Waals surface area contributed by atoms with Crippen LogP contribution in [0.25, 0.3) is 6.08 Å². The van der Waals surface area contributed by atoms with Crippen LogP contribution < -0.4 is 19.9 Å². The van der Waals surface area contributed by atoms with Crippen molar-refractivity contribution < 1.29 is 23.9 Å². The molecular weight excluding hydrogens is 340 g/mol. The smallest absolute Gasteiger partial charge is 0.339 e. The highest BCUT2D eigenvalue weighted by Crippen LogP contribution is 2.33. The van der Waals surface area contributed by atoms with Gasteiger partial charge in [-0.15, -0.1) is 0 Å². The molecule has 0 aliphatic heterocycles. The number of nitro benzene ring substituents is 1. The number of hydrogen-bond acceptors (Lipinski definition) is 7. The van der Waals surface area contributed by atoms with Crippen LogP contribution in [0.1, 0.15) is 12.5 Å². The number of hydrogen-bond donors (Lipinski definition) is 1. The van der Waals surface area contributed by atoms with Crippen molar-refractivity contribution >= 4 is 23.4 Å². The van der Waals surface area contributed by atoms with Crippen molar-refractivity contribution in [1.82, 2.24) is 0 Å². The normalized spacial score (nSPS) is 11.0. The highest BCUT2D eigenvalue weighted by atomic mass is 16.6. The molecule has 0 fully saturated rings. The van der Waals surface area contributed by atoms with Crippen LogP contribution in [0, 0.1) is 10.1 Å². The summed E-state index contributed by atoms with van der Waals surface area (Å²) in [5, 5.41) is 10.6. The zero-order valence-electron chi connectivity index (χ0n) is 14.5. The molecule has 0 aliphatic rings. The minimum atomic E-state index is -0.604. The Balaban J connectivity index is 2.20. The molecule has 0 saturated carbocycles. The summed E-state index contributed by atoms with van der Waals surface area (Å²) in [7, 11) is 3.00. The molecule has 8 nitrogen and oxygen atoms in total. The predicted octanol–water partition coefficient (Wildman–Crippen LogP) is 3.20. The SMILES string of the molecule is COc1cc(N)c(C=C(C)C(=O)Oc2ccc([N+](=O)[O-])cc2)cc1OC. The summed E-state index contributed by atoms with van der Waals surface area (Å²) in [4.78, 5) is 22.3. The fourth-order valence-electron chi connectivity index (χ4n) is 2.15. The molecule has 0 atom stereocenters. The zero-order valence-corrected chi connectivity index (χ0v) is 14.5. The van der Waals surface area contributed by atoms with Gasteiger partial charge < -0.3 is 19.9 Å². The first kappa shape index (κ1) is 18.8. The summed E-state index contributed by atoms with van der Waals surface area (Å²) in [6.45, 7) is 1.57. The second-order valence-electron chi connectivity index (χ2n) is 5.30. The number of nitrogen functional groups attached to an aromatic ring is 1. The molecule has 0 amide bonds. The molecule has 2 N–H and O–H groups in total. The summed E-state index contributed by atoms with van der Waals surface area (Å²) in [5.74, 6) is 0.555. The van der Waals surface area contributed by atoms with Crippen LogP contribution in [0.15, 0.2) is 42.0 Å². The first-order valence-electron chi connectivity index (χ1n) is 7.52. The van der Waals surface area contributed by atoms with Gasteiger partial charge in [-0.05, 0) is 31.2 Å². The average molecular weight is 358 g/mol. The van der Waals surface area contributed by atoms with Gasteiger partial charge in [0.05, 0.1) is 19.1 Å². The van der Waals surface area contributed by atoms with Crippen LogP contribution in [0.2, 0.25) is 0 Å². The highest BCUT2D eigenvalue weighted by molar-refractivity contribution is 5.95. The maximum atomic E-state index is 12.2. The number of ether oxygens (including phenoxy) is 3. The first-order chi connectivity index (χ1) is 12.3. The average Bonchev–Trinajstić information content (AvgIpc) is 2.63. The monoisotopic (exact) mass is 358 g/mol. The maximum absolute atomic E-state index is 12.2. The predicted molar refractivity (Wildman–Crippen MR) is 96.3 cm³/mol. The minimum Gasteiger partial charge on any atom is -0.493 e. The molecule has 0 bridgehead atoms. The van der Waals surface area contributed by atoms with E-state index in [0.717, 1.165) is 0 Å². The lowest BCUT2D eigenvalue weighted by atomic mass is 10.1. The van der Waals surface area contributed by atoms with Gasteiger partial charge in [0, 0.05) is 35.0 Å². The molecule has 2 rings (SSSR count). The summed E-state index contributed by atoms with van der Waals surface area (Å²) in [5.41, 5.74) is 7.15. The van der Waals surface area contributed by atoms with Crippen molar-refractivity contribution in [2.45, 2.75) is 6.92 Å². The van der Waals surface area contributed by atoms with Gasteiger partial charge in [0.1, 0.15) is 5.75 Å². The lowest BCUT2D eigenvalue weighted by Gasteiger charge is -2.11. The number of carbonyl (C=O) groups is 1. The second kappa shape index (κ2) is 8.02. The number of nitro groups is 1. The van der Waals surface area contributed by atoms with Gasteiger partial charge in [-0.2, -0.15) is 0 Å². The Kier molecular flexibility index (Phi) is 5.79. The Hall–Kier alpha value is -3.55. The van der Waals surface area contributed by atoms with Crippen molar-refractivity contribution in [2.75, 3.05) is 20.0 Å². The highest BCUT2D eigenvalue weighted by Gasteiger charge is 2.12. The topological polar surface area (TPSA) is 114 Å². The number of nitrogens with zero attached hydrogens (tertiary/aromatic N) is 1. The van der Waals surface area contributed by atoms with E-state index in [1.165, 1.54) is 38.5 Å². The van der Waals surface area contributed by atoms with Gasteiger partial charge in [0.2, 0.25) is 0 Å². The van der Waals surface area contributed by atoms with Crippen LogP contribution in [0.5, 0.6) is 17.2 Å². The molecule has 0 saturated heterocycles. The number of rotatable bonds is 6. The Morgan fingerprint density at radius 2 is 1.69 bits per heavy atom. The van der Waals surface area contributed by atoms with E-state index in [-0.39, 0.29) is 11.4 Å². The van der Waals surface area contributed by atoms with Crippen LogP contribution in [-0.2, 0) is 4.79 Å². The largest absolute Gasteiger partial charge is 0.493 e. The number of carbonyl (C=O) groups excluding carboxylic acids is 1. The third-order valence-corrected chi connectivity index (χ3v) is 3.54. The molecule has 2 aromatic carbocycles. The third-order valence-electron chi connectivity index (χ3n) is 3.54. The summed E-state index contributed by atoms with van der Waals surface area (Å²) in [6.07, 6.45) is 1.56. The molecule has 0 heterocycles. The third kappa shape index (κ3) is 4.29. The summed E-state index contributed by atoms with van der Waals surface area (Å²) < 4.78 is 15.6. The molecule has 8 heteroatoms. The van der Waals surface area contributed by atoms with E-state index in [9.17, 15) is 14.9 Å². The van der Waals surface area contributed by atoms with E-state index in [1.807, 2.05) is 0 Å². The molecular formula is C18H18N2O6. The van der Waals surface area contributed by atoms with Gasteiger partial charge in [0.25, 0.3) is 5.69 Å². The van der Waals surface area contributed by atoms with Crippen LogP contribution in [-0.4, -0.2) is 25.1 Å². The van der Waals surface area contributed by atoms with Crippen molar-refractivity contribution in [3.63, 3.8) is 0 Å². The fourth-order valence-corrected chi connectivity index (χ4v) is 2.15. The zero-order chi connectivity index (χ0) is 19.3. The molecule has 136 valence electrons. The van der Waals surface area contributed by atoms with E-state index >= 15 is 0 Å². The molecule has 0 aromatic heterocycles. The van der Waals surface area contributed by atoms with Crippen molar-refractivity contribution in [2.24, 2.45) is 0 Å². The van der Waals surface area contributed by atoms with E-state index < -0.39 is 10.9 Å². The number of methoxy groups -OCH3 is 2. The van der Waals surface area contributed by atoms with Crippen molar-refractivity contribution in [3.05, 3.63) is 57.6 Å². The van der Waals surface area contributed by atoms with E-state index in [0.29, 0.717) is 28.3 Å². The number of benzene rings is 2.